The van der Waals surface area contributed by atoms with E-state index in [1.165, 1.54) is 17.4 Å². The monoisotopic (exact) mass is 351 g/mol. The molecule has 0 radical (unpaired) electrons. The number of carboxylic acid groups (broad SMARTS) is 1. The van der Waals surface area contributed by atoms with Gasteiger partial charge in [0.1, 0.15) is 6.54 Å². The summed E-state index contributed by atoms with van der Waals surface area (Å²) in [7, 11) is 0. The number of fused-ring (bicyclic) bond motifs is 1. The van der Waals surface area contributed by atoms with Crippen molar-refractivity contribution in [1.82, 2.24) is 9.88 Å². The summed E-state index contributed by atoms with van der Waals surface area (Å²) in [6.45, 7) is -0.266. The molecule has 1 aliphatic heterocycles. The first-order valence-corrected chi connectivity index (χ1v) is 7.72. The number of hydrogen-bond donors (Lipinski definition) is 2. The van der Waals surface area contributed by atoms with Crippen LogP contribution >= 0.6 is 22.9 Å². The zero-order chi connectivity index (χ0) is 16.6. The standard InChI is InChI=1S/C14H10ClN3O4S/c15-14-17-5-7(23-14)4-16-9-3-1-2-8-11(9)13(22)18(12(8)21)6-10(19)20/h1-3,5,16H,4,6H2,(H,19,20). The lowest BCUT2D eigenvalue weighted by molar-refractivity contribution is -0.137. The van der Waals surface area contributed by atoms with Crippen LogP contribution in [0.3, 0.4) is 0 Å². The Kier molecular flexibility index (Phi) is 4.01. The first-order chi connectivity index (χ1) is 11.0. The number of rotatable bonds is 5. The minimum Gasteiger partial charge on any atom is -0.480 e. The molecule has 0 fully saturated rings. The summed E-state index contributed by atoms with van der Waals surface area (Å²) in [5.74, 6) is -2.46. The number of amides is 2. The Bertz CT molecular complexity index is 820. The number of benzene rings is 1. The summed E-state index contributed by atoms with van der Waals surface area (Å²) >= 11 is 7.07. The predicted molar refractivity (Wildman–Crippen MR) is 83.9 cm³/mol. The van der Waals surface area contributed by atoms with Crippen molar-refractivity contribution in [3.8, 4) is 0 Å². The van der Waals surface area contributed by atoms with Gasteiger partial charge in [0.2, 0.25) is 0 Å². The fraction of sp³-hybridized carbons (Fsp3) is 0.143. The number of nitrogens with one attached hydrogen (secondary N) is 1. The van der Waals surface area contributed by atoms with Crippen LogP contribution in [0, 0.1) is 0 Å². The van der Waals surface area contributed by atoms with Gasteiger partial charge in [-0.2, -0.15) is 0 Å². The Balaban J connectivity index is 1.87. The molecular formula is C14H10ClN3O4S. The van der Waals surface area contributed by atoms with Gasteiger partial charge in [-0.15, -0.1) is 11.3 Å². The largest absolute Gasteiger partial charge is 0.480 e. The molecule has 2 aromatic rings. The molecule has 1 aliphatic rings. The molecule has 1 aromatic carbocycles. The molecule has 0 bridgehead atoms. The molecule has 118 valence electrons. The van der Waals surface area contributed by atoms with E-state index < -0.39 is 24.3 Å². The lowest BCUT2D eigenvalue weighted by atomic mass is 10.1. The highest BCUT2D eigenvalue weighted by atomic mass is 35.5. The third-order valence-corrected chi connectivity index (χ3v) is 4.39. The van der Waals surface area contributed by atoms with Gasteiger partial charge in [-0.25, -0.2) is 4.98 Å². The Labute approximate surface area is 139 Å². The predicted octanol–water partition coefficient (Wildman–Crippen LogP) is 2.09. The molecule has 0 unspecified atom stereocenters. The number of imide groups is 1. The third kappa shape index (κ3) is 2.90. The van der Waals surface area contributed by atoms with Gasteiger partial charge in [0.25, 0.3) is 11.8 Å². The maximum Gasteiger partial charge on any atom is 0.323 e. The van der Waals surface area contributed by atoms with E-state index in [-0.39, 0.29) is 11.1 Å². The lowest BCUT2D eigenvalue weighted by Gasteiger charge is -2.11. The molecule has 7 nitrogen and oxygen atoms in total. The zero-order valence-electron chi connectivity index (χ0n) is 11.6. The third-order valence-electron chi connectivity index (χ3n) is 3.27. The maximum absolute atomic E-state index is 12.3. The van der Waals surface area contributed by atoms with Crippen molar-refractivity contribution in [3.05, 3.63) is 44.9 Å². The van der Waals surface area contributed by atoms with Crippen molar-refractivity contribution in [3.63, 3.8) is 0 Å². The minimum absolute atomic E-state index is 0.189. The summed E-state index contributed by atoms with van der Waals surface area (Å²) in [4.78, 5) is 40.8. The second kappa shape index (κ2) is 5.98. The molecule has 1 aromatic heterocycles. The van der Waals surface area contributed by atoms with Crippen LogP contribution in [0.1, 0.15) is 25.6 Å². The highest BCUT2D eigenvalue weighted by molar-refractivity contribution is 7.15. The van der Waals surface area contributed by atoms with Gasteiger partial charge in [0.15, 0.2) is 4.47 Å². The number of hydrogen-bond acceptors (Lipinski definition) is 6. The highest BCUT2D eigenvalue weighted by Crippen LogP contribution is 2.30. The molecule has 9 heteroatoms. The molecule has 2 amide bonds. The van der Waals surface area contributed by atoms with Crippen molar-refractivity contribution in [2.75, 3.05) is 11.9 Å². The van der Waals surface area contributed by atoms with Crippen LogP contribution < -0.4 is 5.32 Å². The molecule has 23 heavy (non-hydrogen) atoms. The van der Waals surface area contributed by atoms with E-state index in [2.05, 4.69) is 10.3 Å². The molecule has 0 spiro atoms. The normalized spacial score (nSPS) is 13.3. The van der Waals surface area contributed by atoms with Gasteiger partial charge in [-0.05, 0) is 12.1 Å². The first-order valence-electron chi connectivity index (χ1n) is 6.52. The van der Waals surface area contributed by atoms with Crippen LogP contribution in [0.25, 0.3) is 0 Å². The van der Waals surface area contributed by atoms with E-state index >= 15 is 0 Å². The molecule has 2 N–H and O–H groups in total. The molecule has 3 rings (SSSR count). The van der Waals surface area contributed by atoms with Gasteiger partial charge in [-0.1, -0.05) is 17.7 Å². The number of carboxylic acids is 1. The molecule has 0 saturated carbocycles. The second-order valence-corrected chi connectivity index (χ2v) is 6.45. The van der Waals surface area contributed by atoms with Crippen LogP contribution in [0.15, 0.2) is 24.4 Å². The Morgan fingerprint density at radius 3 is 2.78 bits per heavy atom. The number of anilines is 1. The van der Waals surface area contributed by atoms with Crippen LogP contribution in [-0.2, 0) is 11.3 Å². The molecule has 2 heterocycles. The zero-order valence-corrected chi connectivity index (χ0v) is 13.1. The highest BCUT2D eigenvalue weighted by Gasteiger charge is 2.38. The van der Waals surface area contributed by atoms with Crippen molar-refractivity contribution >= 4 is 46.4 Å². The van der Waals surface area contributed by atoms with Crippen molar-refractivity contribution in [2.24, 2.45) is 0 Å². The molecular weight excluding hydrogens is 342 g/mol. The van der Waals surface area contributed by atoms with Gasteiger partial charge in [-0.3, -0.25) is 19.3 Å². The number of aliphatic carboxylic acids is 1. The quantitative estimate of drug-likeness (QED) is 0.800. The number of halogens is 1. The maximum atomic E-state index is 12.3. The van der Waals surface area contributed by atoms with E-state index in [1.54, 1.807) is 18.3 Å². The van der Waals surface area contributed by atoms with Crippen molar-refractivity contribution < 1.29 is 19.5 Å². The fourth-order valence-corrected chi connectivity index (χ4v) is 3.23. The summed E-state index contributed by atoms with van der Waals surface area (Å²) in [6, 6.07) is 4.80. The number of carbonyl (C=O) groups excluding carboxylic acids is 2. The molecule has 0 aliphatic carbocycles. The molecule has 0 atom stereocenters. The van der Waals surface area contributed by atoms with Gasteiger partial charge in [0.05, 0.1) is 17.7 Å². The Morgan fingerprint density at radius 1 is 1.35 bits per heavy atom. The second-order valence-electron chi connectivity index (χ2n) is 4.75. The SMILES string of the molecule is O=C(O)CN1C(=O)c2cccc(NCc3cnc(Cl)s3)c2C1=O. The Hall–Kier alpha value is -2.45. The number of nitrogens with zero attached hydrogens (tertiary/aromatic N) is 2. The average molecular weight is 352 g/mol. The van der Waals surface area contributed by atoms with Crippen LogP contribution in [0.5, 0.6) is 0 Å². The number of carbonyl (C=O) groups is 3. The van der Waals surface area contributed by atoms with Crippen LogP contribution in [-0.4, -0.2) is 39.3 Å². The van der Waals surface area contributed by atoms with Crippen molar-refractivity contribution in [1.29, 1.82) is 0 Å². The van der Waals surface area contributed by atoms with E-state index in [0.29, 0.717) is 16.7 Å². The fourth-order valence-electron chi connectivity index (χ4n) is 2.31. The summed E-state index contributed by atoms with van der Waals surface area (Å²) in [5.41, 5.74) is 0.858. The van der Waals surface area contributed by atoms with E-state index in [0.717, 1.165) is 9.78 Å². The lowest BCUT2D eigenvalue weighted by Crippen LogP contribution is -2.34. The van der Waals surface area contributed by atoms with E-state index in [9.17, 15) is 14.4 Å². The number of thiazole rings is 1. The van der Waals surface area contributed by atoms with Gasteiger partial charge < -0.3 is 10.4 Å². The van der Waals surface area contributed by atoms with E-state index in [4.69, 9.17) is 16.7 Å². The van der Waals surface area contributed by atoms with Crippen LogP contribution in [0.4, 0.5) is 5.69 Å². The van der Waals surface area contributed by atoms with Gasteiger partial charge >= 0.3 is 5.97 Å². The average Bonchev–Trinajstić information content (AvgIpc) is 3.03. The molecule has 0 saturated heterocycles. The minimum atomic E-state index is -1.24. The van der Waals surface area contributed by atoms with Crippen LogP contribution in [0.2, 0.25) is 4.47 Å². The van der Waals surface area contributed by atoms with E-state index in [1.807, 2.05) is 0 Å². The van der Waals surface area contributed by atoms with Gasteiger partial charge in [0, 0.05) is 16.8 Å². The topological polar surface area (TPSA) is 99.6 Å². The summed E-state index contributed by atoms with van der Waals surface area (Å²) in [6.07, 6.45) is 1.62. The summed E-state index contributed by atoms with van der Waals surface area (Å²) in [5, 5.41) is 11.9. The first kappa shape index (κ1) is 15.4. The Morgan fingerprint density at radius 2 is 2.13 bits per heavy atom. The number of aromatic nitrogens is 1. The smallest absolute Gasteiger partial charge is 0.323 e. The van der Waals surface area contributed by atoms with Crippen molar-refractivity contribution in [2.45, 2.75) is 6.54 Å². The summed E-state index contributed by atoms with van der Waals surface area (Å²) < 4.78 is 0.416.